The molecule has 100 valence electrons. The fourth-order valence-electron chi connectivity index (χ4n) is 2.40. The summed E-state index contributed by atoms with van der Waals surface area (Å²) < 4.78 is 15.5. The molecule has 6 heteroatoms. The lowest BCUT2D eigenvalue weighted by Crippen LogP contribution is -2.09. The molecule has 1 aliphatic rings. The summed E-state index contributed by atoms with van der Waals surface area (Å²) in [6, 6.07) is 10.9. The molecule has 5 nitrogen and oxygen atoms in total. The summed E-state index contributed by atoms with van der Waals surface area (Å²) in [7, 11) is 0. The number of ketones is 1. The second kappa shape index (κ2) is 4.85. The maximum Gasteiger partial charge on any atom is 0.218 e. The van der Waals surface area contributed by atoms with E-state index in [0.29, 0.717) is 0 Å². The zero-order valence-electron chi connectivity index (χ0n) is 10.5. The number of halogens is 1. The molecule has 0 radical (unpaired) electrons. The van der Waals surface area contributed by atoms with Crippen molar-refractivity contribution in [1.29, 1.82) is 5.26 Å². The smallest absolute Gasteiger partial charge is 0.218 e. The molecule has 2 atom stereocenters. The number of nitrogens with zero attached hydrogens (tertiary/aromatic N) is 4. The largest absolute Gasteiger partial charge is 0.289 e. The number of alkyl halides is 1. The topological polar surface area (TPSA) is 71.6 Å². The number of rotatable bonds is 3. The molecule has 0 aliphatic carbocycles. The van der Waals surface area contributed by atoms with Gasteiger partial charge in [-0.25, -0.2) is 14.1 Å². The van der Waals surface area contributed by atoms with Crippen LogP contribution in [0.1, 0.15) is 47.1 Å². The summed E-state index contributed by atoms with van der Waals surface area (Å²) in [5.41, 5.74) is 0.929. The third-order valence-electron chi connectivity index (χ3n) is 3.34. The SMILES string of the molecule is N#CCC(=O)c1nc2n(n1)C(c1ccccc1)CC2F. The van der Waals surface area contributed by atoms with Crippen LogP contribution < -0.4 is 0 Å². The lowest BCUT2D eigenvalue weighted by atomic mass is 10.0. The number of Topliss-reactive ketones (excluding diaryl/α,β-unsaturated/α-hetero) is 1. The van der Waals surface area contributed by atoms with Gasteiger partial charge in [0.1, 0.15) is 6.42 Å². The molecule has 0 spiro atoms. The molecular formula is C14H11FN4O. The first-order valence-corrected chi connectivity index (χ1v) is 6.26. The van der Waals surface area contributed by atoms with Crippen LogP contribution in [0.3, 0.4) is 0 Å². The molecule has 0 saturated carbocycles. The van der Waals surface area contributed by atoms with E-state index in [-0.39, 0.29) is 30.5 Å². The quantitative estimate of drug-likeness (QED) is 0.803. The Balaban J connectivity index is 1.98. The van der Waals surface area contributed by atoms with Crippen molar-refractivity contribution < 1.29 is 9.18 Å². The second-order valence-electron chi connectivity index (χ2n) is 4.63. The minimum atomic E-state index is -1.24. The van der Waals surface area contributed by atoms with Crippen LogP contribution in [0.15, 0.2) is 30.3 Å². The van der Waals surface area contributed by atoms with Crippen LogP contribution in [0.25, 0.3) is 0 Å². The Morgan fingerprint density at radius 3 is 2.90 bits per heavy atom. The molecule has 1 aromatic heterocycles. The van der Waals surface area contributed by atoms with Gasteiger partial charge in [0, 0.05) is 6.42 Å². The van der Waals surface area contributed by atoms with Gasteiger partial charge in [-0.2, -0.15) is 5.26 Å². The number of fused-ring (bicyclic) bond motifs is 1. The zero-order chi connectivity index (χ0) is 14.1. The minimum Gasteiger partial charge on any atom is -0.289 e. The highest BCUT2D eigenvalue weighted by molar-refractivity contribution is 5.93. The Morgan fingerprint density at radius 1 is 1.45 bits per heavy atom. The molecule has 0 N–H and O–H groups in total. The molecule has 20 heavy (non-hydrogen) atoms. The summed E-state index contributed by atoms with van der Waals surface area (Å²) in [5, 5.41) is 12.6. The predicted molar refractivity (Wildman–Crippen MR) is 67.6 cm³/mol. The maximum atomic E-state index is 14.0. The molecular weight excluding hydrogens is 259 g/mol. The van der Waals surface area contributed by atoms with Gasteiger partial charge in [0.15, 0.2) is 12.0 Å². The first kappa shape index (κ1) is 12.5. The summed E-state index contributed by atoms with van der Waals surface area (Å²) in [5.74, 6) is -0.390. The van der Waals surface area contributed by atoms with Crippen LogP contribution in [-0.4, -0.2) is 20.5 Å². The van der Waals surface area contributed by atoms with Crippen LogP contribution in [0, 0.1) is 11.3 Å². The van der Waals surface area contributed by atoms with E-state index >= 15 is 0 Å². The van der Waals surface area contributed by atoms with E-state index in [2.05, 4.69) is 10.1 Å². The number of nitriles is 1. The van der Waals surface area contributed by atoms with Crippen molar-refractivity contribution in [3.63, 3.8) is 0 Å². The van der Waals surface area contributed by atoms with Crippen LogP contribution in [0.5, 0.6) is 0 Å². The van der Waals surface area contributed by atoms with E-state index in [0.717, 1.165) is 5.56 Å². The van der Waals surface area contributed by atoms with Crippen molar-refractivity contribution >= 4 is 5.78 Å². The average Bonchev–Trinajstić information content (AvgIpc) is 3.01. The highest BCUT2D eigenvalue weighted by Gasteiger charge is 2.36. The monoisotopic (exact) mass is 270 g/mol. The maximum absolute atomic E-state index is 14.0. The molecule has 1 aromatic carbocycles. The zero-order valence-corrected chi connectivity index (χ0v) is 10.5. The molecule has 0 amide bonds. The van der Waals surface area contributed by atoms with Crippen molar-refractivity contribution in [2.24, 2.45) is 0 Å². The lowest BCUT2D eigenvalue weighted by Gasteiger charge is -2.11. The van der Waals surface area contributed by atoms with Crippen molar-refractivity contribution in [3.8, 4) is 6.07 Å². The van der Waals surface area contributed by atoms with Gasteiger partial charge in [-0.15, -0.1) is 5.10 Å². The van der Waals surface area contributed by atoms with Gasteiger partial charge in [0.2, 0.25) is 11.6 Å². The second-order valence-corrected chi connectivity index (χ2v) is 4.63. The van der Waals surface area contributed by atoms with Gasteiger partial charge in [-0.1, -0.05) is 30.3 Å². The molecule has 2 unspecified atom stereocenters. The lowest BCUT2D eigenvalue weighted by molar-refractivity contribution is 0.0987. The summed E-state index contributed by atoms with van der Waals surface area (Å²) in [6.07, 6.45) is -1.26. The van der Waals surface area contributed by atoms with Crippen molar-refractivity contribution in [2.45, 2.75) is 25.1 Å². The van der Waals surface area contributed by atoms with Gasteiger partial charge in [0.25, 0.3) is 0 Å². The van der Waals surface area contributed by atoms with E-state index in [9.17, 15) is 9.18 Å². The third kappa shape index (κ3) is 1.97. The van der Waals surface area contributed by atoms with E-state index in [1.165, 1.54) is 4.68 Å². The summed E-state index contributed by atoms with van der Waals surface area (Å²) in [4.78, 5) is 15.6. The van der Waals surface area contributed by atoms with E-state index in [4.69, 9.17) is 5.26 Å². The van der Waals surface area contributed by atoms with E-state index in [1.807, 2.05) is 30.3 Å². The van der Waals surface area contributed by atoms with Crippen LogP contribution in [-0.2, 0) is 0 Å². The van der Waals surface area contributed by atoms with Crippen molar-refractivity contribution in [3.05, 3.63) is 47.5 Å². The van der Waals surface area contributed by atoms with Gasteiger partial charge < -0.3 is 0 Å². The Labute approximate surface area is 114 Å². The average molecular weight is 270 g/mol. The Morgan fingerprint density at radius 2 is 2.20 bits per heavy atom. The Kier molecular flexibility index (Phi) is 3.03. The molecule has 0 bridgehead atoms. The molecule has 0 fully saturated rings. The van der Waals surface area contributed by atoms with Crippen LogP contribution in [0.2, 0.25) is 0 Å². The fourth-order valence-corrected chi connectivity index (χ4v) is 2.40. The Bertz CT molecular complexity index is 689. The minimum absolute atomic E-state index is 0.0789. The highest BCUT2D eigenvalue weighted by atomic mass is 19.1. The van der Waals surface area contributed by atoms with E-state index in [1.54, 1.807) is 6.07 Å². The first-order valence-electron chi connectivity index (χ1n) is 6.26. The normalized spacial score (nSPS) is 20.4. The molecule has 0 saturated heterocycles. The van der Waals surface area contributed by atoms with Gasteiger partial charge in [0.05, 0.1) is 12.1 Å². The van der Waals surface area contributed by atoms with E-state index < -0.39 is 12.0 Å². The number of benzene rings is 1. The number of hydrogen-bond acceptors (Lipinski definition) is 4. The summed E-state index contributed by atoms with van der Waals surface area (Å²) in [6.45, 7) is 0. The predicted octanol–water partition coefficient (Wildman–Crippen LogP) is 2.38. The Hall–Kier alpha value is -2.55. The number of carbonyl (C=O) groups excluding carboxylic acids is 1. The molecule has 2 heterocycles. The number of hydrogen-bond donors (Lipinski definition) is 0. The molecule has 2 aromatic rings. The fraction of sp³-hybridized carbons (Fsp3) is 0.286. The summed E-state index contributed by atoms with van der Waals surface area (Å²) >= 11 is 0. The van der Waals surface area contributed by atoms with Crippen molar-refractivity contribution in [1.82, 2.24) is 14.8 Å². The highest BCUT2D eigenvalue weighted by Crippen LogP contribution is 2.39. The molecule has 1 aliphatic heterocycles. The van der Waals surface area contributed by atoms with Crippen LogP contribution in [0.4, 0.5) is 4.39 Å². The number of carbonyl (C=O) groups is 1. The number of aromatic nitrogens is 3. The first-order chi connectivity index (χ1) is 9.70. The van der Waals surface area contributed by atoms with Crippen molar-refractivity contribution in [2.75, 3.05) is 0 Å². The third-order valence-corrected chi connectivity index (χ3v) is 3.34. The van der Waals surface area contributed by atoms with Gasteiger partial charge >= 0.3 is 0 Å². The standard InChI is InChI=1S/C14H11FN4O/c15-10-8-11(9-4-2-1-3-5-9)19-14(10)17-13(18-19)12(20)6-7-16/h1-5,10-11H,6,8H2. The molecule has 3 rings (SSSR count). The van der Waals surface area contributed by atoms with Gasteiger partial charge in [-0.3, -0.25) is 4.79 Å². The van der Waals surface area contributed by atoms with Gasteiger partial charge in [-0.05, 0) is 5.56 Å². The van der Waals surface area contributed by atoms with Crippen LogP contribution >= 0.6 is 0 Å².